The summed E-state index contributed by atoms with van der Waals surface area (Å²) in [6.45, 7) is 0. The van der Waals surface area contributed by atoms with Gasteiger partial charge in [0.15, 0.2) is 5.01 Å². The number of carbonyl (C=O) groups is 1. The number of nitrogens with zero attached hydrogens (tertiary/aromatic N) is 2. The Hall–Kier alpha value is -2.77. The number of anilines is 1. The van der Waals surface area contributed by atoms with E-state index in [1.807, 2.05) is 0 Å². The minimum Gasteiger partial charge on any atom is -0.497 e. The van der Waals surface area contributed by atoms with E-state index in [0.717, 1.165) is 11.3 Å². The fraction of sp³-hybridized carbons (Fsp3) is 0.0556. The van der Waals surface area contributed by atoms with Crippen LogP contribution in [-0.4, -0.2) is 23.2 Å². The van der Waals surface area contributed by atoms with Gasteiger partial charge in [0.05, 0.1) is 12.1 Å². The summed E-state index contributed by atoms with van der Waals surface area (Å²) in [6, 6.07) is 13.1. The lowest BCUT2D eigenvalue weighted by Crippen LogP contribution is -2.11. The molecular weight excluding hydrogens is 377 g/mol. The minimum atomic E-state index is -0.408. The Morgan fingerprint density at radius 2 is 1.85 bits per heavy atom. The van der Waals surface area contributed by atoms with Crippen LogP contribution in [0, 0.1) is 5.82 Å². The highest BCUT2D eigenvalue weighted by Crippen LogP contribution is 2.26. The van der Waals surface area contributed by atoms with Crippen LogP contribution in [0.4, 0.5) is 10.1 Å². The highest BCUT2D eigenvalue weighted by Gasteiger charge is 2.15. The predicted molar refractivity (Wildman–Crippen MR) is 101 cm³/mol. The lowest BCUT2D eigenvalue weighted by Gasteiger charge is -2.03. The average Bonchev–Trinajstić information content (AvgIpc) is 3.15. The zero-order valence-electron chi connectivity index (χ0n) is 13.6. The van der Waals surface area contributed by atoms with Crippen LogP contribution in [-0.2, 0) is 0 Å². The third kappa shape index (κ3) is 4.25. The molecule has 132 valence electrons. The quantitative estimate of drug-likeness (QED) is 0.688. The fourth-order valence-electron chi connectivity index (χ4n) is 2.06. The highest BCUT2D eigenvalue weighted by atomic mass is 35.5. The van der Waals surface area contributed by atoms with Gasteiger partial charge in [0.1, 0.15) is 11.6 Å². The molecule has 3 aromatic rings. The molecule has 0 saturated heterocycles. The van der Waals surface area contributed by atoms with E-state index in [2.05, 4.69) is 15.5 Å². The van der Waals surface area contributed by atoms with Crippen molar-refractivity contribution in [3.05, 3.63) is 69.9 Å². The lowest BCUT2D eigenvalue weighted by molar-refractivity contribution is 0.102. The largest absolute Gasteiger partial charge is 0.497 e. The summed E-state index contributed by atoms with van der Waals surface area (Å²) in [5, 5.41) is 11.1. The van der Waals surface area contributed by atoms with Crippen molar-refractivity contribution in [2.75, 3.05) is 12.4 Å². The molecule has 26 heavy (non-hydrogen) atoms. The minimum absolute atomic E-state index is 0.149. The summed E-state index contributed by atoms with van der Waals surface area (Å²) in [4.78, 5) is 12.3. The second-order valence-corrected chi connectivity index (χ2v) is 6.49. The van der Waals surface area contributed by atoms with E-state index in [0.29, 0.717) is 22.0 Å². The van der Waals surface area contributed by atoms with Crippen molar-refractivity contribution >= 4 is 45.6 Å². The molecule has 0 aliphatic heterocycles. The molecule has 0 saturated carbocycles. The lowest BCUT2D eigenvalue weighted by atomic mass is 10.2. The number of hydrogen-bond acceptors (Lipinski definition) is 5. The van der Waals surface area contributed by atoms with Crippen molar-refractivity contribution in [1.29, 1.82) is 0 Å². The Balaban J connectivity index is 1.74. The number of carbonyl (C=O) groups excluding carboxylic acids is 1. The number of halogens is 2. The van der Waals surface area contributed by atoms with Crippen LogP contribution in [0.15, 0.2) is 48.5 Å². The van der Waals surface area contributed by atoms with Crippen LogP contribution in [0.1, 0.15) is 20.4 Å². The molecule has 0 fully saturated rings. The summed E-state index contributed by atoms with van der Waals surface area (Å²) in [7, 11) is 1.56. The molecule has 0 bridgehead atoms. The van der Waals surface area contributed by atoms with Gasteiger partial charge in [-0.15, -0.1) is 10.2 Å². The van der Waals surface area contributed by atoms with E-state index in [1.54, 1.807) is 49.6 Å². The molecule has 0 spiro atoms. The standard InChI is InChI=1S/C18H13ClFN3O2S/c1-25-13-8-6-12(7-9-13)21-16(24)18-23-22-17(26-18)14(19)10-11-4-2-3-5-15(11)20/h2-10H,1H3,(H,21,24)/b14-10-. The van der Waals surface area contributed by atoms with Gasteiger partial charge in [-0.1, -0.05) is 41.1 Å². The molecule has 1 aromatic heterocycles. The topological polar surface area (TPSA) is 64.1 Å². The van der Waals surface area contributed by atoms with Gasteiger partial charge >= 0.3 is 0 Å². The normalized spacial score (nSPS) is 11.3. The molecule has 5 nitrogen and oxygen atoms in total. The molecule has 0 radical (unpaired) electrons. The number of nitrogens with one attached hydrogen (secondary N) is 1. The molecule has 1 N–H and O–H groups in total. The number of ether oxygens (including phenoxy) is 1. The first-order valence-corrected chi connectivity index (χ1v) is 8.67. The number of rotatable bonds is 5. The number of aromatic nitrogens is 2. The van der Waals surface area contributed by atoms with E-state index in [1.165, 1.54) is 12.1 Å². The first kappa shape index (κ1) is 18.0. The maximum absolute atomic E-state index is 13.7. The van der Waals surface area contributed by atoms with Crippen LogP contribution in [0.25, 0.3) is 11.1 Å². The highest BCUT2D eigenvalue weighted by molar-refractivity contribution is 7.15. The maximum Gasteiger partial charge on any atom is 0.286 e. The van der Waals surface area contributed by atoms with Crippen molar-refractivity contribution in [1.82, 2.24) is 10.2 Å². The van der Waals surface area contributed by atoms with E-state index in [-0.39, 0.29) is 10.0 Å². The molecule has 0 atom stereocenters. The summed E-state index contributed by atoms with van der Waals surface area (Å²) < 4.78 is 18.8. The van der Waals surface area contributed by atoms with Crippen molar-refractivity contribution in [2.45, 2.75) is 0 Å². The van der Waals surface area contributed by atoms with Crippen molar-refractivity contribution in [3.8, 4) is 5.75 Å². The smallest absolute Gasteiger partial charge is 0.286 e. The van der Waals surface area contributed by atoms with Crippen molar-refractivity contribution in [3.63, 3.8) is 0 Å². The molecule has 1 heterocycles. The van der Waals surface area contributed by atoms with Gasteiger partial charge in [0.25, 0.3) is 5.91 Å². The number of hydrogen-bond donors (Lipinski definition) is 1. The Morgan fingerprint density at radius 3 is 2.54 bits per heavy atom. The Kier molecular flexibility index (Phi) is 5.60. The fourth-order valence-corrected chi connectivity index (χ4v) is 2.98. The molecule has 0 unspecified atom stereocenters. The van der Waals surface area contributed by atoms with Crippen molar-refractivity contribution < 1.29 is 13.9 Å². The predicted octanol–water partition coefficient (Wildman–Crippen LogP) is 4.68. The third-order valence-corrected chi connectivity index (χ3v) is 4.71. The van der Waals surface area contributed by atoms with Gasteiger partial charge in [-0.05, 0) is 36.4 Å². The Bertz CT molecular complexity index is 957. The van der Waals surface area contributed by atoms with Crippen LogP contribution in [0.5, 0.6) is 5.75 Å². The van der Waals surface area contributed by atoms with Crippen LogP contribution < -0.4 is 10.1 Å². The summed E-state index contributed by atoms with van der Waals surface area (Å²) >= 11 is 7.20. The second-order valence-electron chi connectivity index (χ2n) is 5.11. The Labute approximate surface area is 158 Å². The number of methoxy groups -OCH3 is 1. The summed E-state index contributed by atoms with van der Waals surface area (Å²) in [6.07, 6.45) is 1.45. The van der Waals surface area contributed by atoms with Gasteiger partial charge in [0, 0.05) is 11.3 Å². The van der Waals surface area contributed by atoms with E-state index >= 15 is 0 Å². The first-order valence-electron chi connectivity index (χ1n) is 7.48. The SMILES string of the molecule is COc1ccc(NC(=O)c2nnc(/C(Cl)=C/c3ccccc3F)s2)cc1. The second kappa shape index (κ2) is 8.07. The Morgan fingerprint density at radius 1 is 1.15 bits per heavy atom. The zero-order valence-corrected chi connectivity index (χ0v) is 15.1. The van der Waals surface area contributed by atoms with Gasteiger partial charge in [-0.2, -0.15) is 0 Å². The van der Waals surface area contributed by atoms with Gasteiger partial charge in [0.2, 0.25) is 5.01 Å². The average molecular weight is 390 g/mol. The third-order valence-electron chi connectivity index (χ3n) is 3.36. The summed E-state index contributed by atoms with van der Waals surface area (Å²) in [5.74, 6) is -0.117. The van der Waals surface area contributed by atoms with E-state index in [9.17, 15) is 9.18 Å². The molecular formula is C18H13ClFN3O2S. The van der Waals surface area contributed by atoms with E-state index < -0.39 is 11.7 Å². The molecule has 8 heteroatoms. The molecule has 0 aliphatic rings. The van der Waals surface area contributed by atoms with Crippen LogP contribution in [0.3, 0.4) is 0 Å². The monoisotopic (exact) mass is 389 g/mol. The van der Waals surface area contributed by atoms with Gasteiger partial charge in [-0.25, -0.2) is 4.39 Å². The molecule has 3 rings (SSSR count). The van der Waals surface area contributed by atoms with E-state index in [4.69, 9.17) is 16.3 Å². The molecule has 2 aromatic carbocycles. The van der Waals surface area contributed by atoms with Crippen LogP contribution >= 0.6 is 22.9 Å². The number of benzene rings is 2. The summed E-state index contributed by atoms with van der Waals surface area (Å²) in [5.41, 5.74) is 0.928. The zero-order chi connectivity index (χ0) is 18.5. The van der Waals surface area contributed by atoms with Gasteiger partial charge in [-0.3, -0.25) is 4.79 Å². The molecule has 0 aliphatic carbocycles. The van der Waals surface area contributed by atoms with Gasteiger partial charge < -0.3 is 10.1 Å². The van der Waals surface area contributed by atoms with Crippen molar-refractivity contribution in [2.24, 2.45) is 0 Å². The first-order chi connectivity index (χ1) is 12.6. The molecule has 1 amide bonds. The maximum atomic E-state index is 13.7. The number of amides is 1. The van der Waals surface area contributed by atoms with Crippen LogP contribution in [0.2, 0.25) is 0 Å².